The highest BCUT2D eigenvalue weighted by molar-refractivity contribution is 8.00. The molecule has 0 fully saturated rings. The van der Waals surface area contributed by atoms with Crippen LogP contribution in [0.3, 0.4) is 0 Å². The summed E-state index contributed by atoms with van der Waals surface area (Å²) < 4.78 is 0. The van der Waals surface area contributed by atoms with Crippen molar-refractivity contribution < 1.29 is 0 Å². The van der Waals surface area contributed by atoms with Crippen LogP contribution in [-0.2, 0) is 12.8 Å². The average Bonchev–Trinajstić information content (AvgIpc) is 2.95. The van der Waals surface area contributed by atoms with E-state index in [-0.39, 0.29) is 6.04 Å². The van der Waals surface area contributed by atoms with E-state index in [0.717, 1.165) is 0 Å². The average molecular weight is 283 g/mol. The summed E-state index contributed by atoms with van der Waals surface area (Å²) in [6, 6.07) is 17.4. The first-order valence-corrected chi connectivity index (χ1v) is 8.21. The first-order valence-electron chi connectivity index (χ1n) is 7.33. The summed E-state index contributed by atoms with van der Waals surface area (Å²) in [6.07, 6.45) is 3.80. The molecule has 2 aromatic rings. The predicted octanol–water partition coefficient (Wildman–Crippen LogP) is 4.36. The minimum absolute atomic E-state index is 0.0782. The lowest BCUT2D eigenvalue weighted by Crippen LogP contribution is -2.20. The van der Waals surface area contributed by atoms with Crippen molar-refractivity contribution in [1.29, 1.82) is 0 Å². The largest absolute Gasteiger partial charge is 0.323 e. The number of thioether (sulfide) groups is 1. The highest BCUT2D eigenvalue weighted by Crippen LogP contribution is 2.33. The van der Waals surface area contributed by atoms with Gasteiger partial charge in [0.25, 0.3) is 0 Å². The molecule has 2 unspecified atom stereocenters. The molecule has 104 valence electrons. The van der Waals surface area contributed by atoms with E-state index in [4.69, 9.17) is 5.73 Å². The van der Waals surface area contributed by atoms with Gasteiger partial charge in [0, 0.05) is 16.2 Å². The molecule has 0 amide bonds. The molecular formula is C18H21NS. The molecule has 0 spiro atoms. The highest BCUT2D eigenvalue weighted by atomic mass is 32.2. The summed E-state index contributed by atoms with van der Waals surface area (Å²) in [4.78, 5) is 1.35. The third-order valence-electron chi connectivity index (χ3n) is 4.08. The maximum atomic E-state index is 6.38. The Morgan fingerprint density at radius 1 is 1.00 bits per heavy atom. The monoisotopic (exact) mass is 283 g/mol. The standard InChI is InChI=1S/C18H21NS/c1-13(18(19)15-6-3-2-4-7-15)20-17-11-10-14-8-5-9-16(14)12-17/h2-4,6-7,10-13,18H,5,8-9,19H2,1H3. The zero-order valence-corrected chi connectivity index (χ0v) is 12.7. The van der Waals surface area contributed by atoms with Crippen molar-refractivity contribution in [3.63, 3.8) is 0 Å². The Hall–Kier alpha value is -1.25. The minimum Gasteiger partial charge on any atom is -0.323 e. The number of benzene rings is 2. The van der Waals surface area contributed by atoms with Gasteiger partial charge in [-0.15, -0.1) is 11.8 Å². The number of aryl methyl sites for hydroxylation is 2. The van der Waals surface area contributed by atoms with Gasteiger partial charge < -0.3 is 5.73 Å². The van der Waals surface area contributed by atoms with E-state index in [1.165, 1.54) is 40.8 Å². The molecule has 2 N–H and O–H groups in total. The summed E-state index contributed by atoms with van der Waals surface area (Å²) in [7, 11) is 0. The molecule has 0 saturated carbocycles. The van der Waals surface area contributed by atoms with Crippen LogP contribution in [0, 0.1) is 0 Å². The topological polar surface area (TPSA) is 26.0 Å². The molecular weight excluding hydrogens is 262 g/mol. The van der Waals surface area contributed by atoms with E-state index < -0.39 is 0 Å². The Labute approximate surface area is 125 Å². The summed E-state index contributed by atoms with van der Waals surface area (Å²) in [5.41, 5.74) is 10.7. The van der Waals surface area contributed by atoms with Crippen molar-refractivity contribution in [2.45, 2.75) is 42.4 Å². The number of nitrogens with two attached hydrogens (primary N) is 1. The van der Waals surface area contributed by atoms with Crippen molar-refractivity contribution in [1.82, 2.24) is 0 Å². The third kappa shape index (κ3) is 2.92. The highest BCUT2D eigenvalue weighted by Gasteiger charge is 2.17. The Balaban J connectivity index is 1.71. The first-order chi connectivity index (χ1) is 9.74. The summed E-state index contributed by atoms with van der Waals surface area (Å²) in [5.74, 6) is 0. The van der Waals surface area contributed by atoms with Crippen molar-refractivity contribution in [3.8, 4) is 0 Å². The molecule has 20 heavy (non-hydrogen) atoms. The van der Waals surface area contributed by atoms with E-state index in [1.54, 1.807) is 0 Å². The molecule has 0 aliphatic heterocycles. The van der Waals surface area contributed by atoms with Gasteiger partial charge in [0.05, 0.1) is 0 Å². The first kappa shape index (κ1) is 13.7. The normalized spacial score (nSPS) is 16.7. The molecule has 1 aliphatic carbocycles. The van der Waals surface area contributed by atoms with Crippen LogP contribution in [0.4, 0.5) is 0 Å². The van der Waals surface area contributed by atoms with Gasteiger partial charge in [-0.1, -0.05) is 43.3 Å². The Kier molecular flexibility index (Phi) is 4.13. The third-order valence-corrected chi connectivity index (χ3v) is 5.27. The van der Waals surface area contributed by atoms with Crippen LogP contribution in [-0.4, -0.2) is 5.25 Å². The molecule has 2 atom stereocenters. The second kappa shape index (κ2) is 6.02. The number of rotatable bonds is 4. The second-order valence-electron chi connectivity index (χ2n) is 5.54. The van der Waals surface area contributed by atoms with Gasteiger partial charge >= 0.3 is 0 Å². The maximum absolute atomic E-state index is 6.38. The quantitative estimate of drug-likeness (QED) is 0.844. The Bertz CT molecular complexity index is 579. The SMILES string of the molecule is CC(Sc1ccc2c(c1)CCC2)C(N)c1ccccc1. The lowest BCUT2D eigenvalue weighted by molar-refractivity contribution is 0.715. The van der Waals surface area contributed by atoms with E-state index in [0.29, 0.717) is 5.25 Å². The van der Waals surface area contributed by atoms with E-state index in [1.807, 2.05) is 17.8 Å². The van der Waals surface area contributed by atoms with Crippen molar-refractivity contribution >= 4 is 11.8 Å². The van der Waals surface area contributed by atoms with Gasteiger partial charge in [0.2, 0.25) is 0 Å². The van der Waals surface area contributed by atoms with Crippen LogP contribution in [0.2, 0.25) is 0 Å². The lowest BCUT2D eigenvalue weighted by Gasteiger charge is -2.20. The Morgan fingerprint density at radius 3 is 2.55 bits per heavy atom. The number of hydrogen-bond donors (Lipinski definition) is 1. The molecule has 0 heterocycles. The molecule has 1 aliphatic rings. The molecule has 2 aromatic carbocycles. The molecule has 0 saturated heterocycles. The number of fused-ring (bicyclic) bond motifs is 1. The smallest absolute Gasteiger partial charge is 0.0416 e. The predicted molar refractivity (Wildman–Crippen MR) is 87.2 cm³/mol. The molecule has 2 heteroatoms. The fourth-order valence-electron chi connectivity index (χ4n) is 2.86. The number of hydrogen-bond acceptors (Lipinski definition) is 2. The van der Waals surface area contributed by atoms with Crippen LogP contribution in [0.1, 0.15) is 36.1 Å². The van der Waals surface area contributed by atoms with Crippen LogP contribution in [0.5, 0.6) is 0 Å². The van der Waals surface area contributed by atoms with Gasteiger partial charge in [-0.05, 0) is 48.1 Å². The van der Waals surface area contributed by atoms with Gasteiger partial charge in [0.1, 0.15) is 0 Å². The summed E-state index contributed by atoms with van der Waals surface area (Å²) in [5, 5.41) is 0.372. The van der Waals surface area contributed by atoms with E-state index >= 15 is 0 Å². The van der Waals surface area contributed by atoms with E-state index in [9.17, 15) is 0 Å². The lowest BCUT2D eigenvalue weighted by atomic mass is 10.1. The molecule has 1 nitrogen and oxygen atoms in total. The maximum Gasteiger partial charge on any atom is 0.0416 e. The van der Waals surface area contributed by atoms with Crippen LogP contribution in [0.15, 0.2) is 53.4 Å². The van der Waals surface area contributed by atoms with Crippen molar-refractivity contribution in [2.75, 3.05) is 0 Å². The van der Waals surface area contributed by atoms with Crippen LogP contribution < -0.4 is 5.73 Å². The minimum atomic E-state index is 0.0782. The second-order valence-corrected chi connectivity index (χ2v) is 6.99. The Morgan fingerprint density at radius 2 is 1.75 bits per heavy atom. The molecule has 0 radical (unpaired) electrons. The zero-order chi connectivity index (χ0) is 13.9. The fraction of sp³-hybridized carbons (Fsp3) is 0.333. The molecule has 0 aromatic heterocycles. The zero-order valence-electron chi connectivity index (χ0n) is 11.9. The van der Waals surface area contributed by atoms with Gasteiger partial charge in [-0.3, -0.25) is 0 Å². The van der Waals surface area contributed by atoms with Gasteiger partial charge in [0.15, 0.2) is 0 Å². The van der Waals surface area contributed by atoms with Crippen molar-refractivity contribution in [2.24, 2.45) is 5.73 Å². The van der Waals surface area contributed by atoms with Crippen LogP contribution >= 0.6 is 11.8 Å². The van der Waals surface area contributed by atoms with Gasteiger partial charge in [-0.2, -0.15) is 0 Å². The fourth-order valence-corrected chi connectivity index (χ4v) is 3.95. The van der Waals surface area contributed by atoms with Gasteiger partial charge in [-0.25, -0.2) is 0 Å². The molecule has 3 rings (SSSR count). The molecule has 0 bridgehead atoms. The summed E-state index contributed by atoms with van der Waals surface area (Å²) >= 11 is 1.89. The summed E-state index contributed by atoms with van der Waals surface area (Å²) in [6.45, 7) is 2.22. The van der Waals surface area contributed by atoms with E-state index in [2.05, 4.69) is 49.4 Å². The van der Waals surface area contributed by atoms with Crippen LogP contribution in [0.25, 0.3) is 0 Å². The van der Waals surface area contributed by atoms with Crippen molar-refractivity contribution in [3.05, 3.63) is 65.2 Å².